The molecule has 0 aromatic heterocycles. The summed E-state index contributed by atoms with van der Waals surface area (Å²) in [7, 11) is 0. The predicted octanol–water partition coefficient (Wildman–Crippen LogP) is 3.85. The van der Waals surface area contributed by atoms with Crippen LogP contribution in [0, 0.1) is 17.1 Å². The van der Waals surface area contributed by atoms with E-state index in [9.17, 15) is 9.18 Å². The maximum absolute atomic E-state index is 12.9. The third-order valence-electron chi connectivity index (χ3n) is 2.50. The van der Waals surface area contributed by atoms with Crippen molar-refractivity contribution in [2.45, 2.75) is 32.1 Å². The minimum absolute atomic E-state index is 0.126. The molecule has 1 unspecified atom stereocenters. The zero-order valence-electron chi connectivity index (χ0n) is 9.54. The Morgan fingerprint density at radius 2 is 2.29 bits per heavy atom. The smallest absolute Gasteiger partial charge is 0.154 e. The van der Waals surface area contributed by atoms with Crippen molar-refractivity contribution < 1.29 is 9.18 Å². The molecule has 0 amide bonds. The largest absolute Gasteiger partial charge is 0.298 e. The zero-order chi connectivity index (χ0) is 12.8. The number of carbonyl (C=O) groups is 1. The third kappa shape index (κ3) is 3.54. The van der Waals surface area contributed by atoms with E-state index < -0.39 is 11.7 Å². The Hall–Kier alpha value is -1.40. The van der Waals surface area contributed by atoms with Crippen molar-refractivity contribution in [3.8, 4) is 6.07 Å². The third-order valence-corrected chi connectivity index (χ3v) is 2.83. The first-order valence-corrected chi connectivity index (χ1v) is 5.85. The van der Waals surface area contributed by atoms with Gasteiger partial charge in [-0.2, -0.15) is 5.26 Å². The number of rotatable bonds is 5. The molecular weight excluding hydrogens is 241 g/mol. The molecule has 1 atom stereocenters. The van der Waals surface area contributed by atoms with Crippen molar-refractivity contribution in [1.82, 2.24) is 0 Å². The molecular formula is C13H13ClFNO. The van der Waals surface area contributed by atoms with E-state index in [1.807, 2.05) is 13.0 Å². The summed E-state index contributed by atoms with van der Waals surface area (Å²) in [5, 5.41) is 9.15. The number of nitriles is 1. The van der Waals surface area contributed by atoms with E-state index in [0.29, 0.717) is 12.0 Å². The topological polar surface area (TPSA) is 40.9 Å². The van der Waals surface area contributed by atoms with Gasteiger partial charge in [0.2, 0.25) is 0 Å². The number of ketones is 1. The number of nitrogens with zero attached hydrogens (tertiary/aromatic N) is 1. The Morgan fingerprint density at radius 1 is 1.59 bits per heavy atom. The quantitative estimate of drug-likeness (QED) is 0.800. The van der Waals surface area contributed by atoms with Crippen LogP contribution in [0.4, 0.5) is 4.39 Å². The summed E-state index contributed by atoms with van der Waals surface area (Å²) in [6, 6.07) is 5.66. The van der Waals surface area contributed by atoms with Gasteiger partial charge >= 0.3 is 0 Å². The van der Waals surface area contributed by atoms with Crippen LogP contribution in [0.5, 0.6) is 0 Å². The second-order valence-corrected chi connectivity index (χ2v) is 4.21. The van der Waals surface area contributed by atoms with Crippen molar-refractivity contribution in [2.75, 3.05) is 0 Å². The van der Waals surface area contributed by atoms with Gasteiger partial charge in [0.15, 0.2) is 5.78 Å². The fourth-order valence-electron chi connectivity index (χ4n) is 1.55. The molecule has 0 radical (unpaired) electrons. The van der Waals surface area contributed by atoms with Gasteiger partial charge in [0.05, 0.1) is 6.07 Å². The van der Waals surface area contributed by atoms with E-state index in [1.165, 1.54) is 12.1 Å². The van der Waals surface area contributed by atoms with E-state index in [0.717, 1.165) is 18.9 Å². The highest BCUT2D eigenvalue weighted by molar-refractivity contribution is 6.31. The molecule has 1 rings (SSSR count). The second kappa shape index (κ2) is 6.36. The van der Waals surface area contributed by atoms with E-state index in [4.69, 9.17) is 16.9 Å². The summed E-state index contributed by atoms with van der Waals surface area (Å²) in [5.74, 6) is -1.53. The first kappa shape index (κ1) is 13.7. The minimum Gasteiger partial charge on any atom is -0.298 e. The van der Waals surface area contributed by atoms with Crippen LogP contribution in [-0.2, 0) is 4.79 Å². The van der Waals surface area contributed by atoms with Gasteiger partial charge in [-0.15, -0.1) is 0 Å². The zero-order valence-corrected chi connectivity index (χ0v) is 10.3. The van der Waals surface area contributed by atoms with E-state index >= 15 is 0 Å². The van der Waals surface area contributed by atoms with Gasteiger partial charge in [-0.3, -0.25) is 4.79 Å². The number of carbonyl (C=O) groups excluding carboxylic acids is 1. The highest BCUT2D eigenvalue weighted by atomic mass is 35.5. The van der Waals surface area contributed by atoms with Gasteiger partial charge in [-0.25, -0.2) is 4.39 Å². The van der Waals surface area contributed by atoms with Crippen LogP contribution in [-0.4, -0.2) is 5.78 Å². The van der Waals surface area contributed by atoms with Gasteiger partial charge in [0, 0.05) is 11.4 Å². The molecule has 0 N–H and O–H groups in total. The molecule has 0 spiro atoms. The first-order valence-electron chi connectivity index (χ1n) is 5.47. The Labute approximate surface area is 105 Å². The molecule has 0 aliphatic carbocycles. The lowest BCUT2D eigenvalue weighted by molar-refractivity contribution is -0.119. The van der Waals surface area contributed by atoms with E-state index in [-0.39, 0.29) is 10.8 Å². The van der Waals surface area contributed by atoms with Gasteiger partial charge in [0.1, 0.15) is 11.7 Å². The molecule has 0 bridgehead atoms. The van der Waals surface area contributed by atoms with E-state index in [1.54, 1.807) is 0 Å². The van der Waals surface area contributed by atoms with Crippen LogP contribution in [0.3, 0.4) is 0 Å². The highest BCUT2D eigenvalue weighted by Crippen LogP contribution is 2.27. The fraction of sp³-hybridized carbons (Fsp3) is 0.385. The molecule has 0 fully saturated rings. The summed E-state index contributed by atoms with van der Waals surface area (Å²) in [6.45, 7) is 1.97. The van der Waals surface area contributed by atoms with Crippen LogP contribution in [0.25, 0.3) is 0 Å². The highest BCUT2D eigenvalue weighted by Gasteiger charge is 2.22. The fourth-order valence-corrected chi connectivity index (χ4v) is 1.82. The maximum atomic E-state index is 12.9. The summed E-state index contributed by atoms with van der Waals surface area (Å²) in [5.41, 5.74) is 0.386. The second-order valence-electron chi connectivity index (χ2n) is 3.80. The Morgan fingerprint density at radius 3 is 2.82 bits per heavy atom. The lowest BCUT2D eigenvalue weighted by Gasteiger charge is -2.10. The molecule has 1 aromatic rings. The summed E-state index contributed by atoms with van der Waals surface area (Å²) >= 11 is 5.84. The lowest BCUT2D eigenvalue weighted by atomic mass is 9.93. The number of hydrogen-bond acceptors (Lipinski definition) is 2. The predicted molar refractivity (Wildman–Crippen MR) is 64.3 cm³/mol. The average molecular weight is 254 g/mol. The molecule has 2 nitrogen and oxygen atoms in total. The van der Waals surface area contributed by atoms with Crippen molar-refractivity contribution in [1.29, 1.82) is 5.26 Å². The van der Waals surface area contributed by atoms with Gasteiger partial charge < -0.3 is 0 Å². The van der Waals surface area contributed by atoms with Crippen molar-refractivity contribution in [3.63, 3.8) is 0 Å². The van der Waals surface area contributed by atoms with Crippen molar-refractivity contribution in [2.24, 2.45) is 0 Å². The molecule has 90 valence electrons. The summed E-state index contributed by atoms with van der Waals surface area (Å²) in [6.07, 6.45) is 1.99. The molecule has 17 heavy (non-hydrogen) atoms. The lowest BCUT2D eigenvalue weighted by Crippen LogP contribution is -2.11. The van der Waals surface area contributed by atoms with Crippen molar-refractivity contribution in [3.05, 3.63) is 34.6 Å². The minimum atomic E-state index is -0.894. The standard InChI is InChI=1S/C13H13ClFNO/c1-2-3-4-13(17)11(8-16)10-6-5-9(15)7-12(10)14/h5-7,11H,2-4H2,1H3. The van der Waals surface area contributed by atoms with Crippen LogP contribution in [0.15, 0.2) is 18.2 Å². The Balaban J connectivity index is 2.94. The summed E-state index contributed by atoms with van der Waals surface area (Å²) in [4.78, 5) is 11.8. The van der Waals surface area contributed by atoms with Crippen LogP contribution in [0.1, 0.15) is 37.7 Å². The monoisotopic (exact) mass is 253 g/mol. The molecule has 0 saturated carbocycles. The van der Waals surface area contributed by atoms with Crippen LogP contribution in [0.2, 0.25) is 5.02 Å². The average Bonchev–Trinajstić information content (AvgIpc) is 2.30. The first-order chi connectivity index (χ1) is 8.10. The Kier molecular flexibility index (Phi) is 5.11. The number of halogens is 2. The number of hydrogen-bond donors (Lipinski definition) is 0. The van der Waals surface area contributed by atoms with Gasteiger partial charge in [-0.05, 0) is 24.1 Å². The number of Topliss-reactive ketones (excluding diaryl/α,β-unsaturated/α-hetero) is 1. The van der Waals surface area contributed by atoms with Crippen LogP contribution < -0.4 is 0 Å². The van der Waals surface area contributed by atoms with Crippen molar-refractivity contribution >= 4 is 17.4 Å². The number of unbranched alkanes of at least 4 members (excludes halogenated alkanes) is 1. The summed E-state index contributed by atoms with van der Waals surface area (Å²) < 4.78 is 12.9. The van der Waals surface area contributed by atoms with Crippen LogP contribution >= 0.6 is 11.6 Å². The molecule has 0 aliphatic rings. The van der Waals surface area contributed by atoms with Gasteiger partial charge in [0.25, 0.3) is 0 Å². The molecule has 0 saturated heterocycles. The Bertz CT molecular complexity index is 453. The molecule has 0 heterocycles. The van der Waals surface area contributed by atoms with Gasteiger partial charge in [-0.1, -0.05) is 31.0 Å². The number of benzene rings is 1. The molecule has 0 aliphatic heterocycles. The molecule has 4 heteroatoms. The normalized spacial score (nSPS) is 11.9. The van der Waals surface area contributed by atoms with E-state index in [2.05, 4.69) is 0 Å². The molecule has 1 aromatic carbocycles. The SMILES string of the molecule is CCCCC(=O)C(C#N)c1ccc(F)cc1Cl. The maximum Gasteiger partial charge on any atom is 0.154 e.